The largest absolute Gasteiger partial charge is 0.354 e. The fourth-order valence-corrected chi connectivity index (χ4v) is 4.99. The molecule has 0 spiro atoms. The topological polar surface area (TPSA) is 88.9 Å². The number of rotatable bonds is 4. The molecule has 0 saturated carbocycles. The van der Waals surface area contributed by atoms with Crippen LogP contribution in [0.2, 0.25) is 0 Å². The molecule has 2 unspecified atom stereocenters. The summed E-state index contributed by atoms with van der Waals surface area (Å²) in [5.74, 6) is 1.43. The smallest absolute Gasteiger partial charge is 0.240 e. The molecule has 2 aliphatic rings. The van der Waals surface area contributed by atoms with Crippen molar-refractivity contribution < 1.29 is 4.79 Å². The molecule has 0 bridgehead atoms. The molecule has 4 rings (SSSR count). The number of likely N-dealkylation sites (tertiary alicyclic amines) is 1. The summed E-state index contributed by atoms with van der Waals surface area (Å²) in [6.07, 6.45) is 7.74. The van der Waals surface area contributed by atoms with E-state index in [-0.39, 0.29) is 5.91 Å². The molecule has 2 aliphatic heterocycles. The minimum Gasteiger partial charge on any atom is -0.354 e. The number of H-pyrrole nitrogens is 1. The van der Waals surface area contributed by atoms with Gasteiger partial charge in [-0.25, -0.2) is 9.97 Å². The lowest BCUT2D eigenvalue weighted by Crippen LogP contribution is -2.47. The Labute approximate surface area is 156 Å². The number of aromatic amines is 1. The summed E-state index contributed by atoms with van der Waals surface area (Å²) in [7, 11) is 0. The van der Waals surface area contributed by atoms with Gasteiger partial charge in [-0.05, 0) is 31.1 Å². The van der Waals surface area contributed by atoms with Crippen LogP contribution in [0.3, 0.4) is 0 Å². The molecule has 0 aliphatic carbocycles. The van der Waals surface area contributed by atoms with Gasteiger partial charge in [-0.15, -0.1) is 11.8 Å². The minimum absolute atomic E-state index is 0.215. The highest BCUT2D eigenvalue weighted by molar-refractivity contribution is 8.00. The highest BCUT2D eigenvalue weighted by atomic mass is 32.2. The van der Waals surface area contributed by atoms with Crippen LogP contribution in [0.1, 0.15) is 19.3 Å². The van der Waals surface area contributed by atoms with E-state index in [1.165, 1.54) is 0 Å². The molecule has 2 aromatic heterocycles. The Kier molecular flexibility index (Phi) is 4.49. The van der Waals surface area contributed by atoms with Crippen molar-refractivity contribution in [3.8, 4) is 6.07 Å². The highest BCUT2D eigenvalue weighted by Crippen LogP contribution is 2.39. The van der Waals surface area contributed by atoms with Crippen molar-refractivity contribution in [3.05, 3.63) is 18.6 Å². The van der Waals surface area contributed by atoms with E-state index < -0.39 is 4.75 Å². The van der Waals surface area contributed by atoms with Crippen LogP contribution in [-0.2, 0) is 4.79 Å². The molecule has 1 N–H and O–H groups in total. The lowest BCUT2D eigenvalue weighted by Gasteiger charge is -2.31. The molecule has 1 amide bonds. The average molecular weight is 370 g/mol. The number of anilines is 1. The molecule has 7 nitrogen and oxygen atoms in total. The molecule has 4 heterocycles. The van der Waals surface area contributed by atoms with E-state index in [1.807, 2.05) is 23.4 Å². The monoisotopic (exact) mass is 370 g/mol. The number of thioether (sulfide) groups is 1. The quantitative estimate of drug-likeness (QED) is 0.886. The van der Waals surface area contributed by atoms with Crippen molar-refractivity contribution >= 4 is 34.5 Å². The number of hydrogen-bond donors (Lipinski definition) is 1. The molecule has 0 radical (unpaired) electrons. The summed E-state index contributed by atoms with van der Waals surface area (Å²) in [4.78, 5) is 29.3. The summed E-state index contributed by atoms with van der Waals surface area (Å²) in [6, 6.07) is 4.22. The summed E-state index contributed by atoms with van der Waals surface area (Å²) in [6.45, 7) is 2.94. The summed E-state index contributed by atoms with van der Waals surface area (Å²) in [5.41, 5.74) is 0.821. The van der Waals surface area contributed by atoms with E-state index in [9.17, 15) is 4.79 Å². The van der Waals surface area contributed by atoms with Gasteiger partial charge in [0.05, 0.1) is 11.5 Å². The van der Waals surface area contributed by atoms with Gasteiger partial charge in [0, 0.05) is 38.8 Å². The fourth-order valence-electron chi connectivity index (χ4n) is 4.10. The zero-order chi connectivity index (χ0) is 18.1. The molecule has 8 heteroatoms. The lowest BCUT2D eigenvalue weighted by atomic mass is 10.1. The van der Waals surface area contributed by atoms with Crippen molar-refractivity contribution in [2.24, 2.45) is 5.92 Å². The SMILES string of the molecule is CSC1(C(=O)N2CCC(CC#N)C2)CCN(c2ncnc3[nH]ccc23)C1. The van der Waals surface area contributed by atoms with Gasteiger partial charge in [0.15, 0.2) is 0 Å². The van der Waals surface area contributed by atoms with E-state index in [4.69, 9.17) is 5.26 Å². The van der Waals surface area contributed by atoms with Crippen molar-refractivity contribution in [1.82, 2.24) is 19.9 Å². The normalized spacial score (nSPS) is 25.8. The number of nitrogens with one attached hydrogen (secondary N) is 1. The fraction of sp³-hybridized carbons (Fsp3) is 0.556. The second-order valence-corrected chi connectivity index (χ2v) is 8.27. The third kappa shape index (κ3) is 2.80. The Morgan fingerprint density at radius 3 is 3.19 bits per heavy atom. The van der Waals surface area contributed by atoms with Gasteiger partial charge in [0.2, 0.25) is 5.91 Å². The second-order valence-electron chi connectivity index (χ2n) is 7.08. The lowest BCUT2D eigenvalue weighted by molar-refractivity contribution is -0.132. The maximum absolute atomic E-state index is 13.3. The van der Waals surface area contributed by atoms with Crippen LogP contribution in [0.4, 0.5) is 5.82 Å². The number of hydrogen-bond acceptors (Lipinski definition) is 6. The molecule has 2 atom stereocenters. The minimum atomic E-state index is -0.435. The zero-order valence-corrected chi connectivity index (χ0v) is 15.6. The average Bonchev–Trinajstić information content (AvgIpc) is 3.40. The number of nitriles is 1. The predicted octanol–water partition coefficient (Wildman–Crippen LogP) is 2.03. The number of carbonyl (C=O) groups is 1. The molecule has 2 saturated heterocycles. The first-order valence-electron chi connectivity index (χ1n) is 8.91. The first-order valence-corrected chi connectivity index (χ1v) is 10.1. The first-order chi connectivity index (χ1) is 12.7. The van der Waals surface area contributed by atoms with E-state index in [1.54, 1.807) is 18.1 Å². The third-order valence-corrected chi connectivity index (χ3v) is 6.89. The first kappa shape index (κ1) is 17.2. The van der Waals surface area contributed by atoms with Crippen LogP contribution in [0, 0.1) is 17.2 Å². The van der Waals surface area contributed by atoms with Crippen LogP contribution in [-0.4, -0.2) is 62.9 Å². The summed E-state index contributed by atoms with van der Waals surface area (Å²) < 4.78 is -0.435. The van der Waals surface area contributed by atoms with Crippen molar-refractivity contribution in [1.29, 1.82) is 5.26 Å². The van der Waals surface area contributed by atoms with E-state index in [0.717, 1.165) is 42.8 Å². The highest BCUT2D eigenvalue weighted by Gasteiger charge is 2.48. The van der Waals surface area contributed by atoms with E-state index in [0.29, 0.717) is 25.4 Å². The maximum atomic E-state index is 13.3. The molecule has 26 heavy (non-hydrogen) atoms. The van der Waals surface area contributed by atoms with Gasteiger partial charge in [-0.3, -0.25) is 4.79 Å². The Balaban J connectivity index is 1.54. The molecular weight excluding hydrogens is 348 g/mol. The number of nitrogens with zero attached hydrogens (tertiary/aromatic N) is 5. The summed E-state index contributed by atoms with van der Waals surface area (Å²) in [5, 5.41) is 9.90. The van der Waals surface area contributed by atoms with E-state index >= 15 is 0 Å². The molecule has 2 aromatic rings. The number of amides is 1. The number of carbonyl (C=O) groups excluding carboxylic acids is 1. The van der Waals surface area contributed by atoms with Gasteiger partial charge >= 0.3 is 0 Å². The van der Waals surface area contributed by atoms with Crippen LogP contribution < -0.4 is 4.90 Å². The van der Waals surface area contributed by atoms with Crippen LogP contribution in [0.25, 0.3) is 11.0 Å². The van der Waals surface area contributed by atoms with Crippen LogP contribution in [0.5, 0.6) is 0 Å². The molecule has 2 fully saturated rings. The van der Waals surface area contributed by atoms with Gasteiger partial charge < -0.3 is 14.8 Å². The Hall–Kier alpha value is -2.27. The van der Waals surface area contributed by atoms with Gasteiger partial charge in [0.25, 0.3) is 0 Å². The standard InChI is InChI=1S/C18H22N6OS/c1-26-18(17(25)23-8-4-13(10-23)2-6-19)5-9-24(11-18)16-14-3-7-20-15(14)21-12-22-16/h3,7,12-13H,2,4-5,8-11H2,1H3,(H,20,21,22). The molecular formula is C18H22N6OS. The van der Waals surface area contributed by atoms with Crippen molar-refractivity contribution in [3.63, 3.8) is 0 Å². The Bertz CT molecular complexity index is 861. The third-order valence-electron chi connectivity index (χ3n) is 5.60. The van der Waals surface area contributed by atoms with Crippen molar-refractivity contribution in [2.45, 2.75) is 24.0 Å². The number of aromatic nitrogens is 3. The molecule has 136 valence electrons. The number of fused-ring (bicyclic) bond motifs is 1. The van der Waals surface area contributed by atoms with Crippen LogP contribution in [0.15, 0.2) is 18.6 Å². The maximum Gasteiger partial charge on any atom is 0.240 e. The summed E-state index contributed by atoms with van der Waals surface area (Å²) >= 11 is 1.65. The van der Waals surface area contributed by atoms with Crippen molar-refractivity contribution in [2.75, 3.05) is 37.3 Å². The predicted molar refractivity (Wildman–Crippen MR) is 102 cm³/mol. The van der Waals surface area contributed by atoms with Gasteiger partial charge in [0.1, 0.15) is 22.5 Å². The van der Waals surface area contributed by atoms with Gasteiger partial charge in [-0.2, -0.15) is 5.26 Å². The Morgan fingerprint density at radius 2 is 2.38 bits per heavy atom. The molecule has 0 aromatic carbocycles. The van der Waals surface area contributed by atoms with E-state index in [2.05, 4.69) is 25.9 Å². The second kappa shape index (κ2) is 6.80. The zero-order valence-electron chi connectivity index (χ0n) is 14.8. The Morgan fingerprint density at radius 1 is 1.50 bits per heavy atom. The van der Waals surface area contributed by atoms with Gasteiger partial charge in [-0.1, -0.05) is 0 Å². The van der Waals surface area contributed by atoms with Crippen LogP contribution >= 0.6 is 11.8 Å².